The van der Waals surface area contributed by atoms with E-state index in [0.29, 0.717) is 5.75 Å². The van der Waals surface area contributed by atoms with E-state index in [9.17, 15) is 5.11 Å². The zero-order valence-electron chi connectivity index (χ0n) is 10.8. The zero-order chi connectivity index (χ0) is 15.2. The molecule has 0 aliphatic rings. The number of hydrogen-bond donors (Lipinski definition) is 1. The van der Waals surface area contributed by atoms with Gasteiger partial charge in [-0.05, 0) is 11.6 Å². The predicted octanol–water partition coefficient (Wildman–Crippen LogP) is 0.719. The van der Waals surface area contributed by atoms with Crippen molar-refractivity contribution in [1.82, 2.24) is 0 Å². The Labute approximate surface area is 117 Å². The SMILES string of the molecule is CC(c1ccccc1)c1ccccc1O.O=P([O-])([O-])[O-]. The summed E-state index contributed by atoms with van der Waals surface area (Å²) in [5.41, 5.74) is 2.20. The molecule has 6 heteroatoms. The highest BCUT2D eigenvalue weighted by atomic mass is 31.2. The van der Waals surface area contributed by atoms with Crippen molar-refractivity contribution in [2.75, 3.05) is 0 Å². The molecule has 0 aliphatic heterocycles. The molecule has 20 heavy (non-hydrogen) atoms. The number of phosphoric acid groups is 1. The number of benzene rings is 2. The molecule has 5 nitrogen and oxygen atoms in total. The van der Waals surface area contributed by atoms with Crippen LogP contribution in [0.1, 0.15) is 24.0 Å². The number of para-hydroxylation sites is 1. The van der Waals surface area contributed by atoms with E-state index in [2.05, 4.69) is 19.1 Å². The molecular formula is C14H14O5P-3. The van der Waals surface area contributed by atoms with E-state index >= 15 is 0 Å². The van der Waals surface area contributed by atoms with E-state index in [0.717, 1.165) is 5.56 Å². The molecule has 0 saturated heterocycles. The molecule has 1 atom stereocenters. The Kier molecular flexibility index (Phi) is 5.92. The lowest BCUT2D eigenvalue weighted by atomic mass is 9.93. The summed E-state index contributed by atoms with van der Waals surface area (Å²) in [6, 6.07) is 17.7. The quantitative estimate of drug-likeness (QED) is 0.821. The van der Waals surface area contributed by atoms with Gasteiger partial charge in [-0.15, -0.1) is 0 Å². The highest BCUT2D eigenvalue weighted by Crippen LogP contribution is 2.30. The lowest BCUT2D eigenvalue weighted by Gasteiger charge is -2.36. The third-order valence-corrected chi connectivity index (χ3v) is 2.70. The van der Waals surface area contributed by atoms with Gasteiger partial charge in [0.05, 0.1) is 0 Å². The normalized spacial score (nSPS) is 12.2. The molecule has 0 bridgehead atoms. The number of phenols is 1. The van der Waals surface area contributed by atoms with Gasteiger partial charge in [0.1, 0.15) is 5.75 Å². The monoisotopic (exact) mass is 293 g/mol. The van der Waals surface area contributed by atoms with Crippen LogP contribution in [0.5, 0.6) is 5.75 Å². The van der Waals surface area contributed by atoms with Crippen LogP contribution in [0.3, 0.4) is 0 Å². The second-order valence-corrected chi connectivity index (χ2v) is 5.03. The molecule has 108 valence electrons. The van der Waals surface area contributed by atoms with Crippen LogP contribution in [-0.2, 0) is 4.57 Å². The van der Waals surface area contributed by atoms with E-state index in [1.165, 1.54) is 5.56 Å². The van der Waals surface area contributed by atoms with Gasteiger partial charge in [0.15, 0.2) is 0 Å². The predicted molar refractivity (Wildman–Crippen MR) is 69.7 cm³/mol. The molecule has 0 aromatic heterocycles. The minimum absolute atomic E-state index is 0.229. The molecule has 0 radical (unpaired) electrons. The molecule has 2 aromatic rings. The van der Waals surface area contributed by atoms with E-state index in [4.69, 9.17) is 19.2 Å². The fourth-order valence-corrected chi connectivity index (χ4v) is 1.77. The summed E-state index contributed by atoms with van der Waals surface area (Å²) in [4.78, 5) is 25.6. The van der Waals surface area contributed by atoms with Gasteiger partial charge >= 0.3 is 0 Å². The van der Waals surface area contributed by atoms with Gasteiger partial charge in [0.25, 0.3) is 0 Å². The van der Waals surface area contributed by atoms with Gasteiger partial charge in [-0.3, -0.25) is 0 Å². The second-order valence-electron chi connectivity index (χ2n) is 4.14. The van der Waals surface area contributed by atoms with Gasteiger partial charge < -0.3 is 24.4 Å². The maximum Gasteiger partial charge on any atom is 0.119 e. The first-order chi connectivity index (χ1) is 9.29. The Morgan fingerprint density at radius 3 is 1.90 bits per heavy atom. The van der Waals surface area contributed by atoms with Crippen LogP contribution in [0.2, 0.25) is 0 Å². The first kappa shape index (κ1) is 16.4. The van der Waals surface area contributed by atoms with Crippen LogP contribution in [0, 0.1) is 0 Å². The van der Waals surface area contributed by atoms with Gasteiger partial charge in [0, 0.05) is 11.5 Å². The van der Waals surface area contributed by atoms with Crippen molar-refractivity contribution in [3.8, 4) is 5.75 Å². The van der Waals surface area contributed by atoms with E-state index in [1.54, 1.807) is 6.07 Å². The first-order valence-electron chi connectivity index (χ1n) is 5.85. The van der Waals surface area contributed by atoms with Crippen molar-refractivity contribution in [2.24, 2.45) is 0 Å². The molecule has 0 heterocycles. The van der Waals surface area contributed by atoms with Gasteiger partial charge in [0.2, 0.25) is 0 Å². The molecule has 0 amide bonds. The molecular weight excluding hydrogens is 279 g/mol. The lowest BCUT2D eigenvalue weighted by Crippen LogP contribution is -2.24. The topological polar surface area (TPSA) is 106 Å². The van der Waals surface area contributed by atoms with Crippen LogP contribution < -0.4 is 14.7 Å². The summed E-state index contributed by atoms with van der Waals surface area (Å²) >= 11 is 0. The van der Waals surface area contributed by atoms with E-state index in [-0.39, 0.29) is 5.92 Å². The van der Waals surface area contributed by atoms with Crippen LogP contribution >= 0.6 is 7.82 Å². The van der Waals surface area contributed by atoms with Crippen LogP contribution in [0.4, 0.5) is 0 Å². The minimum atomic E-state index is -5.39. The number of aromatic hydroxyl groups is 1. The van der Waals surface area contributed by atoms with Crippen molar-refractivity contribution in [3.63, 3.8) is 0 Å². The summed E-state index contributed by atoms with van der Waals surface area (Å²) in [6.07, 6.45) is 0. The van der Waals surface area contributed by atoms with Gasteiger partial charge in [-0.25, -0.2) is 0 Å². The smallest absolute Gasteiger partial charge is 0.119 e. The highest BCUT2D eigenvalue weighted by Gasteiger charge is 2.10. The largest absolute Gasteiger partial charge is 0.822 e. The number of rotatable bonds is 2. The zero-order valence-corrected chi connectivity index (χ0v) is 11.7. The summed E-state index contributed by atoms with van der Waals surface area (Å²) in [6.45, 7) is 2.10. The van der Waals surface area contributed by atoms with Gasteiger partial charge in [-0.2, -0.15) is 7.82 Å². The fourth-order valence-electron chi connectivity index (χ4n) is 1.77. The molecule has 1 N–H and O–H groups in total. The molecule has 0 fully saturated rings. The van der Waals surface area contributed by atoms with Crippen LogP contribution in [0.15, 0.2) is 54.6 Å². The molecule has 2 rings (SSSR count). The second kappa shape index (κ2) is 7.22. The highest BCUT2D eigenvalue weighted by molar-refractivity contribution is 7.40. The average molecular weight is 293 g/mol. The Hall–Kier alpha value is -1.65. The van der Waals surface area contributed by atoms with Crippen molar-refractivity contribution >= 4 is 7.82 Å². The van der Waals surface area contributed by atoms with Crippen molar-refractivity contribution in [3.05, 3.63) is 65.7 Å². The first-order valence-corrected chi connectivity index (χ1v) is 7.31. The summed E-state index contributed by atoms with van der Waals surface area (Å²) in [5, 5.41) is 9.74. The molecule has 2 aromatic carbocycles. The number of hydrogen-bond acceptors (Lipinski definition) is 5. The van der Waals surface area contributed by atoms with Crippen molar-refractivity contribution < 1.29 is 24.4 Å². The Morgan fingerprint density at radius 2 is 1.40 bits per heavy atom. The Morgan fingerprint density at radius 1 is 0.950 bits per heavy atom. The maximum absolute atomic E-state index is 9.74. The van der Waals surface area contributed by atoms with Crippen LogP contribution in [-0.4, -0.2) is 5.11 Å². The molecule has 0 aliphatic carbocycles. The third kappa shape index (κ3) is 5.99. The standard InChI is InChI=1S/C14H14O.H3O4P/c1-11(12-7-3-2-4-8-12)13-9-5-6-10-14(13)15;1-5(2,3)4/h2-11,15H,1H3;(H3,1,2,3,4)/p-3. The number of phenolic OH excluding ortho intramolecular Hbond substituents is 1. The molecule has 0 spiro atoms. The maximum atomic E-state index is 9.74. The van der Waals surface area contributed by atoms with Crippen LogP contribution in [0.25, 0.3) is 0 Å². The summed E-state index contributed by atoms with van der Waals surface area (Å²) in [5.74, 6) is 0.598. The van der Waals surface area contributed by atoms with E-state index < -0.39 is 7.82 Å². The lowest BCUT2D eigenvalue weighted by molar-refractivity contribution is -0.432. The fraction of sp³-hybridized carbons (Fsp3) is 0.143. The van der Waals surface area contributed by atoms with Gasteiger partial charge in [-0.1, -0.05) is 55.5 Å². The Bertz CT molecular complexity index is 571. The van der Waals surface area contributed by atoms with E-state index in [1.807, 2.05) is 36.4 Å². The third-order valence-electron chi connectivity index (χ3n) is 2.70. The summed E-state index contributed by atoms with van der Waals surface area (Å²) in [7, 11) is -5.39. The average Bonchev–Trinajstić information content (AvgIpc) is 2.38. The minimum Gasteiger partial charge on any atom is -0.822 e. The molecule has 1 unspecified atom stereocenters. The molecule has 0 saturated carbocycles. The Balaban J connectivity index is 0.000000347. The summed E-state index contributed by atoms with van der Waals surface area (Å²) < 4.78 is 8.55. The van der Waals surface area contributed by atoms with Crippen molar-refractivity contribution in [2.45, 2.75) is 12.8 Å². The van der Waals surface area contributed by atoms with Crippen molar-refractivity contribution in [1.29, 1.82) is 0 Å².